The molecule has 1 amide bonds. The first kappa shape index (κ1) is 35.2. The molecule has 0 radical (unpaired) electrons. The minimum atomic E-state index is 0.0424. The molecule has 2 heterocycles. The van der Waals surface area contributed by atoms with Gasteiger partial charge in [0.1, 0.15) is 15.7 Å². The second-order valence-electron chi connectivity index (χ2n) is 14.1. The van der Waals surface area contributed by atoms with Crippen molar-refractivity contribution in [3.8, 4) is 5.75 Å². The number of amides is 1. The minimum absolute atomic E-state index is 0.0424. The summed E-state index contributed by atoms with van der Waals surface area (Å²) >= 11 is 9.60. The number of nitrogens with zero attached hydrogens (tertiary/aromatic N) is 3. The number of fused-ring (bicyclic) bond motifs is 1. The standard InChI is InChI=1S/C38H52ClN3O2S2/c1-8-37(4,5)26-18-20-31(29(24-26)38(6,7)9-2)44-23-15-14-22-40-36-42(28-16-12-11-13-17-28)34(43)33(46-36)35-41(10-3)30-25-27(39)19-21-32(30)45-35/h18-21,24-25,28H,8-17,22-23H2,1-7H3/b35-33-,40-36?. The Morgan fingerprint density at radius 1 is 0.935 bits per heavy atom. The number of aliphatic imine (C=N–C) groups is 1. The molecule has 2 aromatic rings. The van der Waals surface area contributed by atoms with Crippen molar-refractivity contribution in [3.05, 3.63) is 62.5 Å². The van der Waals surface area contributed by atoms with Crippen molar-refractivity contribution in [3.63, 3.8) is 0 Å². The van der Waals surface area contributed by atoms with E-state index in [0.29, 0.717) is 18.2 Å². The van der Waals surface area contributed by atoms with E-state index in [0.717, 1.165) is 76.5 Å². The second kappa shape index (κ2) is 15.0. The summed E-state index contributed by atoms with van der Waals surface area (Å²) in [6.45, 7) is 18.0. The number of hydrogen-bond donors (Lipinski definition) is 0. The van der Waals surface area contributed by atoms with Crippen molar-refractivity contribution in [2.45, 2.75) is 128 Å². The number of unbranched alkanes of at least 4 members (excludes halogenated alkanes) is 1. The Morgan fingerprint density at radius 3 is 2.37 bits per heavy atom. The summed E-state index contributed by atoms with van der Waals surface area (Å²) in [5, 5.41) is 2.59. The van der Waals surface area contributed by atoms with Crippen LogP contribution in [0.2, 0.25) is 5.02 Å². The summed E-state index contributed by atoms with van der Waals surface area (Å²) in [7, 11) is 0. The Balaban J connectivity index is 1.28. The smallest absolute Gasteiger partial charge is 0.269 e. The molecule has 3 aliphatic rings. The van der Waals surface area contributed by atoms with Crippen molar-refractivity contribution in [2.24, 2.45) is 4.99 Å². The number of carbonyl (C=O) groups is 1. The third-order valence-electron chi connectivity index (χ3n) is 10.2. The van der Waals surface area contributed by atoms with E-state index >= 15 is 0 Å². The molecule has 2 aliphatic heterocycles. The molecule has 0 atom stereocenters. The van der Waals surface area contributed by atoms with Crippen LogP contribution in [0.25, 0.3) is 0 Å². The zero-order chi connectivity index (χ0) is 33.1. The molecular weight excluding hydrogens is 630 g/mol. The lowest BCUT2D eigenvalue weighted by atomic mass is 9.76. The highest BCUT2D eigenvalue weighted by Crippen LogP contribution is 2.52. The van der Waals surface area contributed by atoms with Gasteiger partial charge < -0.3 is 9.64 Å². The first-order valence-corrected chi connectivity index (χ1v) is 19.3. The van der Waals surface area contributed by atoms with Gasteiger partial charge in [0.25, 0.3) is 5.91 Å². The summed E-state index contributed by atoms with van der Waals surface area (Å²) in [6.07, 6.45) is 9.66. The largest absolute Gasteiger partial charge is 0.493 e. The van der Waals surface area contributed by atoms with Gasteiger partial charge in [0, 0.05) is 34.6 Å². The predicted octanol–water partition coefficient (Wildman–Crippen LogP) is 10.9. The maximum Gasteiger partial charge on any atom is 0.269 e. The molecule has 0 unspecified atom stereocenters. The molecule has 0 bridgehead atoms. The van der Waals surface area contributed by atoms with Crippen LogP contribution in [0.15, 0.2) is 56.2 Å². The average molecular weight is 682 g/mol. The van der Waals surface area contributed by atoms with Gasteiger partial charge in [0.2, 0.25) is 0 Å². The molecule has 5 nitrogen and oxygen atoms in total. The number of benzene rings is 2. The van der Waals surface area contributed by atoms with Crippen molar-refractivity contribution < 1.29 is 9.53 Å². The number of ether oxygens (including phenoxy) is 1. The van der Waals surface area contributed by atoms with E-state index in [9.17, 15) is 4.79 Å². The van der Waals surface area contributed by atoms with Crippen LogP contribution in [-0.2, 0) is 15.6 Å². The molecule has 8 heteroatoms. The molecule has 2 aromatic carbocycles. The number of thioether (sulfide) groups is 2. The SMILES string of the molecule is CCN1/C(=C2/SC(=NCCCCOc3ccc(C(C)(C)CC)cc3C(C)(C)CC)N(C3CCCCC3)C2=O)Sc2ccc(Cl)cc21. The van der Waals surface area contributed by atoms with Crippen LogP contribution in [0.3, 0.4) is 0 Å². The Bertz CT molecular complexity index is 1480. The number of amidine groups is 1. The van der Waals surface area contributed by atoms with E-state index in [1.165, 1.54) is 30.4 Å². The highest BCUT2D eigenvalue weighted by atomic mass is 35.5. The van der Waals surface area contributed by atoms with Gasteiger partial charge in [-0.15, -0.1) is 0 Å². The van der Waals surface area contributed by atoms with Gasteiger partial charge in [-0.05, 0) is 97.9 Å². The third-order valence-corrected chi connectivity index (χ3v) is 12.9. The van der Waals surface area contributed by atoms with E-state index in [-0.39, 0.29) is 22.8 Å². The maximum atomic E-state index is 14.1. The van der Waals surface area contributed by atoms with Crippen LogP contribution in [0, 0.1) is 0 Å². The van der Waals surface area contributed by atoms with E-state index < -0.39 is 0 Å². The predicted molar refractivity (Wildman–Crippen MR) is 199 cm³/mol. The third kappa shape index (κ3) is 7.47. The van der Waals surface area contributed by atoms with Crippen LogP contribution in [0.5, 0.6) is 5.75 Å². The topological polar surface area (TPSA) is 45.1 Å². The van der Waals surface area contributed by atoms with E-state index in [1.807, 2.05) is 17.0 Å². The van der Waals surface area contributed by atoms with Crippen LogP contribution >= 0.6 is 35.1 Å². The second-order valence-corrected chi connectivity index (χ2v) is 16.5. The average Bonchev–Trinajstić information content (AvgIpc) is 3.58. The fraction of sp³-hybridized carbons (Fsp3) is 0.579. The molecule has 46 heavy (non-hydrogen) atoms. The number of rotatable bonds is 12. The number of carbonyl (C=O) groups excluding carboxylic acids is 1. The summed E-state index contributed by atoms with van der Waals surface area (Å²) in [5.74, 6) is 1.11. The zero-order valence-electron chi connectivity index (χ0n) is 28.9. The Labute approximate surface area is 291 Å². The molecule has 2 fully saturated rings. The van der Waals surface area contributed by atoms with E-state index in [4.69, 9.17) is 21.3 Å². The summed E-state index contributed by atoms with van der Waals surface area (Å²) in [4.78, 5) is 25.4. The van der Waals surface area contributed by atoms with E-state index in [1.54, 1.807) is 23.5 Å². The molecule has 0 aromatic heterocycles. The van der Waals surface area contributed by atoms with Gasteiger partial charge in [-0.2, -0.15) is 0 Å². The lowest BCUT2D eigenvalue weighted by molar-refractivity contribution is -0.124. The normalized spacial score (nSPS) is 20.3. The summed E-state index contributed by atoms with van der Waals surface area (Å²) in [5.41, 5.74) is 3.94. The maximum absolute atomic E-state index is 14.1. The lowest BCUT2D eigenvalue weighted by Gasteiger charge is -2.30. The van der Waals surface area contributed by atoms with Crippen LogP contribution in [-0.4, -0.2) is 41.7 Å². The minimum Gasteiger partial charge on any atom is -0.493 e. The molecule has 1 aliphatic carbocycles. The molecule has 0 spiro atoms. The van der Waals surface area contributed by atoms with Crippen LogP contribution in [0.4, 0.5) is 5.69 Å². The number of halogens is 1. The monoisotopic (exact) mass is 681 g/mol. The first-order valence-electron chi connectivity index (χ1n) is 17.3. The first-order chi connectivity index (χ1) is 22.0. The Morgan fingerprint density at radius 2 is 1.67 bits per heavy atom. The van der Waals surface area contributed by atoms with Crippen molar-refractivity contribution >= 4 is 51.9 Å². The molecule has 5 rings (SSSR count). The van der Waals surface area contributed by atoms with Gasteiger partial charge in [-0.3, -0.25) is 14.7 Å². The quantitative estimate of drug-likeness (QED) is 0.165. The van der Waals surface area contributed by atoms with Crippen LogP contribution < -0.4 is 9.64 Å². The highest BCUT2D eigenvalue weighted by molar-refractivity contribution is 8.19. The molecule has 250 valence electrons. The zero-order valence-corrected chi connectivity index (χ0v) is 31.3. The van der Waals surface area contributed by atoms with Gasteiger partial charge in [0.05, 0.1) is 12.3 Å². The fourth-order valence-corrected chi connectivity index (χ4v) is 9.00. The number of hydrogen-bond acceptors (Lipinski definition) is 6. The Hall–Kier alpha value is -2.09. The van der Waals surface area contributed by atoms with Crippen molar-refractivity contribution in [1.82, 2.24) is 4.90 Å². The van der Waals surface area contributed by atoms with Gasteiger partial charge in [-0.25, -0.2) is 0 Å². The molecule has 0 N–H and O–H groups in total. The van der Waals surface area contributed by atoms with Gasteiger partial charge in [-0.1, -0.05) is 96.3 Å². The summed E-state index contributed by atoms with van der Waals surface area (Å²) in [6, 6.07) is 13.0. The molecular formula is C38H52ClN3O2S2. The van der Waals surface area contributed by atoms with Gasteiger partial charge >= 0.3 is 0 Å². The van der Waals surface area contributed by atoms with Gasteiger partial charge in [0.15, 0.2) is 5.17 Å². The van der Waals surface area contributed by atoms with Crippen molar-refractivity contribution in [1.29, 1.82) is 0 Å². The molecule has 1 saturated heterocycles. The Kier molecular flexibility index (Phi) is 11.5. The summed E-state index contributed by atoms with van der Waals surface area (Å²) < 4.78 is 6.44. The van der Waals surface area contributed by atoms with E-state index in [2.05, 4.69) is 77.6 Å². The van der Waals surface area contributed by atoms with Crippen LogP contribution in [0.1, 0.15) is 117 Å². The number of anilines is 1. The molecule has 1 saturated carbocycles. The fourth-order valence-electron chi connectivity index (χ4n) is 6.40. The van der Waals surface area contributed by atoms with Crippen molar-refractivity contribution in [2.75, 3.05) is 24.6 Å². The highest BCUT2D eigenvalue weighted by Gasteiger charge is 2.42. The lowest BCUT2D eigenvalue weighted by Crippen LogP contribution is -2.40.